The van der Waals surface area contributed by atoms with E-state index in [4.69, 9.17) is 4.74 Å². The number of ketones is 1. The van der Waals surface area contributed by atoms with Crippen molar-refractivity contribution in [3.8, 4) is 16.9 Å². The van der Waals surface area contributed by atoms with Gasteiger partial charge in [0.2, 0.25) is 0 Å². The normalized spacial score (nSPS) is 14.5. The zero-order chi connectivity index (χ0) is 23.9. The van der Waals surface area contributed by atoms with Crippen LogP contribution in [0.2, 0.25) is 0 Å². The van der Waals surface area contributed by atoms with E-state index in [0.717, 1.165) is 11.1 Å². The lowest BCUT2D eigenvalue weighted by molar-refractivity contribution is 0.0923. The molecule has 8 heteroatoms. The molecule has 0 spiro atoms. The number of halogens is 4. The summed E-state index contributed by atoms with van der Waals surface area (Å²) in [6.07, 6.45) is -0.241. The van der Waals surface area contributed by atoms with Crippen molar-refractivity contribution in [2.24, 2.45) is 0 Å². The fourth-order valence-electron chi connectivity index (χ4n) is 3.89. The van der Waals surface area contributed by atoms with Gasteiger partial charge in [0.15, 0.2) is 17.4 Å². The maximum atomic E-state index is 14.6. The molecule has 4 nitrogen and oxygen atoms in total. The number of Topliss-reactive ketones (excluding diaryl/α,β-unsaturated/α-hetero) is 1. The highest BCUT2D eigenvalue weighted by Gasteiger charge is 2.29. The molecule has 1 aliphatic heterocycles. The number of hydrogen-bond donors (Lipinski definition) is 1. The molecule has 0 radical (unpaired) electrons. The molecule has 170 valence electrons. The zero-order valence-electron chi connectivity index (χ0n) is 17.8. The SMILES string of the molecule is CC(=O)c1ccc(F)c(-c2cc(C)cc3c2O[C@@H](CNC(=O)c2c(F)ccc(F)c2F)C3)c1. The van der Waals surface area contributed by atoms with E-state index in [2.05, 4.69) is 5.32 Å². The Kier molecular flexibility index (Phi) is 5.93. The van der Waals surface area contributed by atoms with Gasteiger partial charge in [0, 0.05) is 23.1 Å². The number of hydrogen-bond acceptors (Lipinski definition) is 3. The lowest BCUT2D eigenvalue weighted by Gasteiger charge is -2.15. The Morgan fingerprint density at radius 3 is 2.39 bits per heavy atom. The van der Waals surface area contributed by atoms with Crippen molar-refractivity contribution in [2.75, 3.05) is 6.54 Å². The molecule has 3 aromatic carbocycles. The Morgan fingerprint density at radius 2 is 1.67 bits per heavy atom. The Balaban J connectivity index is 1.58. The molecule has 0 fully saturated rings. The third-order valence-corrected chi connectivity index (χ3v) is 5.47. The molecule has 0 saturated carbocycles. The summed E-state index contributed by atoms with van der Waals surface area (Å²) >= 11 is 0. The molecule has 3 aromatic rings. The molecule has 0 bridgehead atoms. The first kappa shape index (κ1) is 22.5. The summed E-state index contributed by atoms with van der Waals surface area (Å²) in [6, 6.07) is 8.95. The Morgan fingerprint density at radius 1 is 0.970 bits per heavy atom. The second-order valence-corrected chi connectivity index (χ2v) is 7.92. The molecule has 4 rings (SSSR count). The third-order valence-electron chi connectivity index (χ3n) is 5.47. The largest absolute Gasteiger partial charge is 0.487 e. The van der Waals surface area contributed by atoms with Gasteiger partial charge in [0.25, 0.3) is 5.91 Å². The van der Waals surface area contributed by atoms with Gasteiger partial charge in [-0.05, 0) is 61.4 Å². The summed E-state index contributed by atoms with van der Waals surface area (Å²) in [5, 5.41) is 2.36. The smallest absolute Gasteiger partial charge is 0.257 e. The molecule has 1 heterocycles. The van der Waals surface area contributed by atoms with E-state index in [1.54, 1.807) is 6.07 Å². The molecule has 0 saturated heterocycles. The zero-order valence-corrected chi connectivity index (χ0v) is 17.8. The van der Waals surface area contributed by atoms with Gasteiger partial charge in [0.1, 0.15) is 29.1 Å². The number of nitrogens with one attached hydrogen (secondary N) is 1. The molecule has 0 aliphatic carbocycles. The van der Waals surface area contributed by atoms with Crippen LogP contribution in [0.15, 0.2) is 42.5 Å². The van der Waals surface area contributed by atoms with Crippen LogP contribution in [-0.4, -0.2) is 24.3 Å². The van der Waals surface area contributed by atoms with Crippen LogP contribution >= 0.6 is 0 Å². The number of amides is 1. The first-order valence-corrected chi connectivity index (χ1v) is 10.2. The molecule has 1 N–H and O–H groups in total. The Hall–Kier alpha value is -3.68. The highest BCUT2D eigenvalue weighted by atomic mass is 19.2. The molecule has 33 heavy (non-hydrogen) atoms. The second kappa shape index (κ2) is 8.69. The van der Waals surface area contributed by atoms with Crippen molar-refractivity contribution in [3.05, 3.63) is 88.0 Å². The van der Waals surface area contributed by atoms with E-state index in [9.17, 15) is 27.2 Å². The standard InChI is InChI=1S/C25H19F4NO3/c1-12-7-15-9-16(11-30-25(32)22-20(27)5-6-21(28)23(22)29)33-24(15)18(8-12)17-10-14(13(2)31)3-4-19(17)26/h3-8,10,16H,9,11H2,1-2H3,(H,30,32)/t16-/m1/s1. The van der Waals surface area contributed by atoms with Gasteiger partial charge in [-0.25, -0.2) is 17.6 Å². The number of carbonyl (C=O) groups is 2. The first-order valence-electron chi connectivity index (χ1n) is 10.2. The summed E-state index contributed by atoms with van der Waals surface area (Å²) in [5.41, 5.74) is 1.61. The highest BCUT2D eigenvalue weighted by Crippen LogP contribution is 2.41. The van der Waals surface area contributed by atoms with Gasteiger partial charge >= 0.3 is 0 Å². The minimum atomic E-state index is -1.57. The molecule has 1 aliphatic rings. The summed E-state index contributed by atoms with van der Waals surface area (Å²) in [4.78, 5) is 24.0. The van der Waals surface area contributed by atoms with Gasteiger partial charge in [-0.2, -0.15) is 0 Å². The van der Waals surface area contributed by atoms with Crippen LogP contribution in [0.3, 0.4) is 0 Å². The second-order valence-electron chi connectivity index (χ2n) is 7.92. The number of fused-ring (bicyclic) bond motifs is 1. The highest BCUT2D eigenvalue weighted by molar-refractivity contribution is 5.96. The van der Waals surface area contributed by atoms with Crippen molar-refractivity contribution in [2.45, 2.75) is 26.4 Å². The fraction of sp³-hybridized carbons (Fsp3) is 0.200. The summed E-state index contributed by atoms with van der Waals surface area (Å²) in [6.45, 7) is 3.11. The number of carbonyl (C=O) groups excluding carboxylic acids is 2. The number of benzene rings is 3. The van der Waals surface area contributed by atoms with Crippen LogP contribution in [0.4, 0.5) is 17.6 Å². The van der Waals surface area contributed by atoms with E-state index in [1.807, 2.05) is 13.0 Å². The molecule has 1 atom stereocenters. The molecule has 1 amide bonds. The van der Waals surface area contributed by atoms with Crippen molar-refractivity contribution < 1.29 is 31.9 Å². The van der Waals surface area contributed by atoms with Gasteiger partial charge < -0.3 is 10.1 Å². The molecular weight excluding hydrogens is 438 g/mol. The van der Waals surface area contributed by atoms with E-state index in [-0.39, 0.29) is 17.9 Å². The number of rotatable bonds is 5. The minimum Gasteiger partial charge on any atom is -0.487 e. The molecule has 0 aromatic heterocycles. The maximum Gasteiger partial charge on any atom is 0.257 e. The topological polar surface area (TPSA) is 55.4 Å². The van der Waals surface area contributed by atoms with Crippen LogP contribution in [0.25, 0.3) is 11.1 Å². The predicted octanol–water partition coefficient (Wildman–Crippen LogP) is 5.15. The van der Waals surface area contributed by atoms with E-state index in [0.29, 0.717) is 35.4 Å². The van der Waals surface area contributed by atoms with Gasteiger partial charge in [-0.1, -0.05) is 6.07 Å². The van der Waals surface area contributed by atoms with E-state index >= 15 is 0 Å². The first-order chi connectivity index (χ1) is 15.7. The van der Waals surface area contributed by atoms with Gasteiger partial charge in [0.05, 0.1) is 6.54 Å². The fourth-order valence-corrected chi connectivity index (χ4v) is 3.89. The van der Waals surface area contributed by atoms with Crippen LogP contribution in [-0.2, 0) is 6.42 Å². The van der Waals surface area contributed by atoms with Crippen LogP contribution in [0.5, 0.6) is 5.75 Å². The van der Waals surface area contributed by atoms with Crippen molar-refractivity contribution in [3.63, 3.8) is 0 Å². The number of aryl methyl sites for hydroxylation is 1. The summed E-state index contributed by atoms with van der Waals surface area (Å²) < 4.78 is 61.7. The third kappa shape index (κ3) is 4.33. The van der Waals surface area contributed by atoms with Crippen molar-refractivity contribution in [1.29, 1.82) is 0 Å². The Labute approximate surface area is 187 Å². The van der Waals surface area contributed by atoms with Crippen LogP contribution in [0, 0.1) is 30.2 Å². The van der Waals surface area contributed by atoms with Crippen LogP contribution in [0.1, 0.15) is 38.8 Å². The minimum absolute atomic E-state index is 0.114. The van der Waals surface area contributed by atoms with Crippen molar-refractivity contribution in [1.82, 2.24) is 5.32 Å². The monoisotopic (exact) mass is 457 g/mol. The van der Waals surface area contributed by atoms with Crippen molar-refractivity contribution >= 4 is 11.7 Å². The summed E-state index contributed by atoms with van der Waals surface area (Å²) in [5.74, 6) is -5.52. The maximum absolute atomic E-state index is 14.6. The van der Waals surface area contributed by atoms with Crippen LogP contribution < -0.4 is 10.1 Å². The average Bonchev–Trinajstić information content (AvgIpc) is 3.17. The summed E-state index contributed by atoms with van der Waals surface area (Å²) in [7, 11) is 0. The number of ether oxygens (including phenoxy) is 1. The molecule has 0 unspecified atom stereocenters. The van der Waals surface area contributed by atoms with Gasteiger partial charge in [-0.3, -0.25) is 9.59 Å². The Bertz CT molecular complexity index is 1290. The predicted molar refractivity (Wildman–Crippen MR) is 113 cm³/mol. The van der Waals surface area contributed by atoms with E-state index in [1.165, 1.54) is 25.1 Å². The average molecular weight is 457 g/mol. The molecular formula is C25H19F4NO3. The van der Waals surface area contributed by atoms with E-state index < -0.39 is 40.8 Å². The van der Waals surface area contributed by atoms with Gasteiger partial charge in [-0.15, -0.1) is 0 Å². The lowest BCUT2D eigenvalue weighted by atomic mass is 9.95. The lowest BCUT2D eigenvalue weighted by Crippen LogP contribution is -2.35. The quantitative estimate of drug-likeness (QED) is 0.327.